The quantitative estimate of drug-likeness (QED) is 0.507. The zero-order valence-electron chi connectivity index (χ0n) is 7.56. The van der Waals surface area contributed by atoms with Crippen molar-refractivity contribution in [3.05, 3.63) is 0 Å². The number of carbonyl (C=O) groups excluding carboxylic acids is 2. The average molecular weight is 180 g/mol. The smallest absolute Gasteiger partial charge is 0.309 e. The molecule has 2 heterocycles. The second-order valence-electron chi connectivity index (χ2n) is 4.26. The van der Waals surface area contributed by atoms with Crippen molar-refractivity contribution >= 4 is 11.9 Å². The summed E-state index contributed by atoms with van der Waals surface area (Å²) in [6.07, 6.45) is 3.27. The maximum absolute atomic E-state index is 11.7. The molecule has 0 spiro atoms. The van der Waals surface area contributed by atoms with E-state index in [1.807, 2.05) is 0 Å². The van der Waals surface area contributed by atoms with Crippen LogP contribution < -0.4 is 0 Å². The van der Waals surface area contributed by atoms with Gasteiger partial charge in [-0.05, 0) is 25.2 Å². The number of amides is 3. The topological polar surface area (TPSA) is 40.6 Å². The molecular weight excluding hydrogens is 168 g/mol. The van der Waals surface area contributed by atoms with Crippen molar-refractivity contribution in [2.24, 2.45) is 5.92 Å². The van der Waals surface area contributed by atoms with E-state index in [2.05, 4.69) is 0 Å². The molecule has 0 radical (unpaired) electrons. The third kappa shape index (κ3) is 0.677. The van der Waals surface area contributed by atoms with Gasteiger partial charge in [-0.1, -0.05) is 0 Å². The van der Waals surface area contributed by atoms with Crippen LogP contribution in [0.25, 0.3) is 0 Å². The van der Waals surface area contributed by atoms with Crippen LogP contribution in [0.3, 0.4) is 0 Å². The summed E-state index contributed by atoms with van der Waals surface area (Å²) < 4.78 is 0. The number of likely N-dealkylation sites (N-methyl/N-ethyl adjacent to an activating group) is 1. The Morgan fingerprint density at radius 3 is 2.77 bits per heavy atom. The molecule has 2 unspecified atom stereocenters. The largest absolute Gasteiger partial charge is 0.327 e. The van der Waals surface area contributed by atoms with Gasteiger partial charge in [-0.2, -0.15) is 0 Å². The summed E-state index contributed by atoms with van der Waals surface area (Å²) in [5, 5.41) is 0. The Labute approximate surface area is 76.5 Å². The molecule has 1 saturated carbocycles. The van der Waals surface area contributed by atoms with Crippen molar-refractivity contribution in [2.45, 2.75) is 31.3 Å². The number of carbonyl (C=O) groups is 2. The summed E-state index contributed by atoms with van der Waals surface area (Å²) in [4.78, 5) is 26.3. The molecule has 13 heavy (non-hydrogen) atoms. The molecule has 0 N–H and O–H groups in total. The lowest BCUT2D eigenvalue weighted by molar-refractivity contribution is -0.128. The van der Waals surface area contributed by atoms with Gasteiger partial charge in [-0.15, -0.1) is 0 Å². The molecule has 2 aliphatic heterocycles. The van der Waals surface area contributed by atoms with Crippen LogP contribution in [-0.2, 0) is 4.79 Å². The molecule has 4 heteroatoms. The fourth-order valence-electron chi connectivity index (χ4n) is 3.05. The van der Waals surface area contributed by atoms with Gasteiger partial charge >= 0.3 is 6.03 Å². The summed E-state index contributed by atoms with van der Waals surface area (Å²) in [5.74, 6) is 0.462. The van der Waals surface area contributed by atoms with E-state index in [1.165, 1.54) is 4.90 Å². The molecule has 0 aromatic heterocycles. The van der Waals surface area contributed by atoms with Crippen molar-refractivity contribution < 1.29 is 9.59 Å². The molecule has 0 aromatic rings. The first kappa shape index (κ1) is 7.35. The van der Waals surface area contributed by atoms with Gasteiger partial charge in [0.05, 0.1) is 0 Å². The van der Waals surface area contributed by atoms with Gasteiger partial charge in [-0.25, -0.2) is 4.79 Å². The molecule has 1 aliphatic carbocycles. The first-order valence-electron chi connectivity index (χ1n) is 4.80. The molecule has 70 valence electrons. The van der Waals surface area contributed by atoms with Crippen LogP contribution in [0.1, 0.15) is 19.3 Å². The van der Waals surface area contributed by atoms with Crippen molar-refractivity contribution in [3.63, 3.8) is 0 Å². The van der Waals surface area contributed by atoms with E-state index in [0.29, 0.717) is 12.0 Å². The summed E-state index contributed by atoms with van der Waals surface area (Å²) in [6, 6.07) is 0.176. The monoisotopic (exact) mass is 180 g/mol. The highest BCUT2D eigenvalue weighted by Gasteiger charge is 2.57. The lowest BCUT2D eigenvalue weighted by Gasteiger charge is -2.25. The highest BCUT2D eigenvalue weighted by atomic mass is 16.2. The van der Waals surface area contributed by atoms with Gasteiger partial charge in [0.15, 0.2) is 0 Å². The first-order chi connectivity index (χ1) is 6.20. The number of urea groups is 1. The number of imide groups is 1. The minimum absolute atomic E-state index is 0.0113. The summed E-state index contributed by atoms with van der Waals surface area (Å²) >= 11 is 0. The minimum atomic E-state index is -0.101. The Bertz CT molecular complexity index is 274. The standard InChI is InChI=1S/C9H12N2O2/c1-10-8(12)7-5-2-3-6(4-5)11(7)9(10)13/h5-7H,2-4H2,1H3/t5?,6?,7-/m0/s1. The van der Waals surface area contributed by atoms with E-state index in [0.717, 1.165) is 19.3 Å². The maximum atomic E-state index is 11.7. The molecule has 2 saturated heterocycles. The fourth-order valence-corrected chi connectivity index (χ4v) is 3.05. The highest BCUT2D eigenvalue weighted by molar-refractivity contribution is 6.04. The van der Waals surface area contributed by atoms with Crippen LogP contribution >= 0.6 is 0 Å². The Hall–Kier alpha value is -1.06. The van der Waals surface area contributed by atoms with E-state index in [-0.39, 0.29) is 18.0 Å². The van der Waals surface area contributed by atoms with Crippen molar-refractivity contribution in [2.75, 3.05) is 7.05 Å². The van der Waals surface area contributed by atoms with Crippen LogP contribution in [0.15, 0.2) is 0 Å². The number of fused-ring (bicyclic) bond motifs is 5. The van der Waals surface area contributed by atoms with Gasteiger partial charge in [0.2, 0.25) is 0 Å². The minimum Gasteiger partial charge on any atom is -0.309 e. The molecule has 4 nitrogen and oxygen atoms in total. The summed E-state index contributed by atoms with van der Waals surface area (Å²) in [7, 11) is 1.59. The highest BCUT2D eigenvalue weighted by Crippen LogP contribution is 2.45. The average Bonchev–Trinajstić information content (AvgIpc) is 2.76. The van der Waals surface area contributed by atoms with Crippen LogP contribution in [0.4, 0.5) is 4.79 Å². The van der Waals surface area contributed by atoms with Crippen LogP contribution in [-0.4, -0.2) is 40.9 Å². The summed E-state index contributed by atoms with van der Waals surface area (Å²) in [5.41, 5.74) is 0. The first-order valence-corrected chi connectivity index (χ1v) is 4.80. The molecule has 3 atom stereocenters. The number of hydrogen-bond acceptors (Lipinski definition) is 2. The predicted molar refractivity (Wildman–Crippen MR) is 44.9 cm³/mol. The van der Waals surface area contributed by atoms with E-state index in [9.17, 15) is 9.59 Å². The van der Waals surface area contributed by atoms with E-state index < -0.39 is 0 Å². The second kappa shape index (κ2) is 2.05. The molecule has 3 aliphatic rings. The number of piperidine rings is 1. The van der Waals surface area contributed by atoms with Gasteiger partial charge in [0.1, 0.15) is 6.04 Å². The normalized spacial score (nSPS) is 42.1. The zero-order valence-corrected chi connectivity index (χ0v) is 7.56. The Kier molecular flexibility index (Phi) is 1.16. The zero-order chi connectivity index (χ0) is 9.16. The fraction of sp³-hybridized carbons (Fsp3) is 0.778. The molecule has 0 aromatic carbocycles. The van der Waals surface area contributed by atoms with Crippen LogP contribution in [0, 0.1) is 5.92 Å². The molecular formula is C9H12N2O2. The van der Waals surface area contributed by atoms with E-state index in [4.69, 9.17) is 0 Å². The molecule has 3 amide bonds. The molecule has 3 rings (SSSR count). The Morgan fingerprint density at radius 2 is 2.08 bits per heavy atom. The molecule has 2 bridgehead atoms. The third-order valence-electron chi connectivity index (χ3n) is 3.68. The lowest BCUT2D eigenvalue weighted by Crippen LogP contribution is -2.40. The lowest BCUT2D eigenvalue weighted by atomic mass is 9.99. The summed E-state index contributed by atoms with van der Waals surface area (Å²) in [6.45, 7) is 0. The number of rotatable bonds is 0. The van der Waals surface area contributed by atoms with Crippen molar-refractivity contribution in [1.82, 2.24) is 9.80 Å². The van der Waals surface area contributed by atoms with Crippen LogP contribution in [0.5, 0.6) is 0 Å². The maximum Gasteiger partial charge on any atom is 0.327 e. The third-order valence-corrected chi connectivity index (χ3v) is 3.68. The number of nitrogens with zero attached hydrogens (tertiary/aromatic N) is 2. The van der Waals surface area contributed by atoms with E-state index in [1.54, 1.807) is 11.9 Å². The SMILES string of the molecule is CN1C(=O)[C@@H]2C3CCC(C3)N2C1=O. The van der Waals surface area contributed by atoms with Gasteiger partial charge in [0, 0.05) is 13.1 Å². The van der Waals surface area contributed by atoms with Crippen molar-refractivity contribution in [3.8, 4) is 0 Å². The predicted octanol–water partition coefficient (Wildman–Crippen LogP) is 0.431. The Morgan fingerprint density at radius 1 is 1.31 bits per heavy atom. The van der Waals surface area contributed by atoms with E-state index >= 15 is 0 Å². The van der Waals surface area contributed by atoms with Gasteiger partial charge in [0.25, 0.3) is 5.91 Å². The van der Waals surface area contributed by atoms with Gasteiger partial charge < -0.3 is 4.90 Å². The van der Waals surface area contributed by atoms with Crippen molar-refractivity contribution in [1.29, 1.82) is 0 Å². The van der Waals surface area contributed by atoms with Gasteiger partial charge in [-0.3, -0.25) is 9.69 Å². The van der Waals surface area contributed by atoms with Crippen LogP contribution in [0.2, 0.25) is 0 Å². The molecule has 3 fully saturated rings. The Balaban J connectivity index is 2.03. The number of hydrogen-bond donors (Lipinski definition) is 0. The second-order valence-corrected chi connectivity index (χ2v) is 4.26.